The van der Waals surface area contributed by atoms with Gasteiger partial charge in [0, 0.05) is 6.04 Å². The van der Waals surface area contributed by atoms with Gasteiger partial charge < -0.3 is 5.11 Å². The molecule has 1 rings (SSSR count). The Bertz CT molecular complexity index is 559. The van der Waals surface area contributed by atoms with E-state index in [1.54, 1.807) is 0 Å². The van der Waals surface area contributed by atoms with Crippen LogP contribution in [-0.4, -0.2) is 25.5 Å². The van der Waals surface area contributed by atoms with Gasteiger partial charge in [-0.05, 0) is 25.1 Å². The van der Waals surface area contributed by atoms with Gasteiger partial charge in [-0.3, -0.25) is 4.79 Å². The van der Waals surface area contributed by atoms with Crippen molar-refractivity contribution in [1.82, 2.24) is 4.72 Å². The second kappa shape index (κ2) is 5.40. The maximum Gasteiger partial charge on any atom is 0.304 e. The standard InChI is InChI=1S/C10H11F2NO4S/c1-6(4-10(14)15)13-18(16,17)9-5-7(11)2-3-8(9)12/h2-3,5-6,13H,4H2,1H3,(H,14,15). The third-order valence-corrected chi connectivity index (χ3v) is 3.62. The van der Waals surface area contributed by atoms with Crippen LogP contribution in [0.25, 0.3) is 0 Å². The Kier molecular flexibility index (Phi) is 4.36. The van der Waals surface area contributed by atoms with Crippen molar-refractivity contribution >= 4 is 16.0 Å². The van der Waals surface area contributed by atoms with E-state index in [1.807, 2.05) is 4.72 Å². The number of rotatable bonds is 5. The molecular weight excluding hydrogens is 268 g/mol. The summed E-state index contributed by atoms with van der Waals surface area (Å²) in [4.78, 5) is 9.54. The SMILES string of the molecule is CC(CC(=O)O)NS(=O)(=O)c1cc(F)ccc1F. The zero-order valence-electron chi connectivity index (χ0n) is 9.35. The number of hydrogen-bond donors (Lipinski definition) is 2. The van der Waals surface area contributed by atoms with Gasteiger partial charge in [-0.25, -0.2) is 21.9 Å². The Balaban J connectivity index is 2.99. The van der Waals surface area contributed by atoms with Crippen LogP contribution in [-0.2, 0) is 14.8 Å². The summed E-state index contributed by atoms with van der Waals surface area (Å²) in [5.41, 5.74) is 0. The third kappa shape index (κ3) is 3.74. The quantitative estimate of drug-likeness (QED) is 0.845. The van der Waals surface area contributed by atoms with Gasteiger partial charge in [0.25, 0.3) is 0 Å². The second-order valence-corrected chi connectivity index (χ2v) is 5.38. The molecule has 0 aliphatic rings. The summed E-state index contributed by atoms with van der Waals surface area (Å²) in [7, 11) is -4.29. The van der Waals surface area contributed by atoms with E-state index >= 15 is 0 Å². The minimum Gasteiger partial charge on any atom is -0.481 e. The van der Waals surface area contributed by atoms with Crippen molar-refractivity contribution in [2.45, 2.75) is 24.3 Å². The summed E-state index contributed by atoms with van der Waals surface area (Å²) < 4.78 is 51.5. The summed E-state index contributed by atoms with van der Waals surface area (Å²) >= 11 is 0. The van der Waals surface area contributed by atoms with Crippen molar-refractivity contribution in [2.75, 3.05) is 0 Å². The number of hydrogen-bond acceptors (Lipinski definition) is 3. The van der Waals surface area contributed by atoms with Gasteiger partial charge in [-0.1, -0.05) is 0 Å². The average Bonchev–Trinajstić information content (AvgIpc) is 2.19. The summed E-state index contributed by atoms with van der Waals surface area (Å²) in [5.74, 6) is -3.21. The number of halogens is 2. The Labute approximate surface area is 102 Å². The molecule has 0 aliphatic heterocycles. The van der Waals surface area contributed by atoms with E-state index in [1.165, 1.54) is 6.92 Å². The number of carbonyl (C=O) groups is 1. The average molecular weight is 279 g/mol. The first kappa shape index (κ1) is 14.5. The molecule has 0 bridgehead atoms. The molecule has 0 radical (unpaired) electrons. The molecule has 0 spiro atoms. The molecule has 0 fully saturated rings. The van der Waals surface area contributed by atoms with E-state index in [9.17, 15) is 22.0 Å². The minimum atomic E-state index is -4.29. The van der Waals surface area contributed by atoms with Crippen LogP contribution >= 0.6 is 0 Å². The summed E-state index contributed by atoms with van der Waals surface area (Å²) in [6.07, 6.45) is -0.462. The molecular formula is C10H11F2NO4S. The molecule has 18 heavy (non-hydrogen) atoms. The van der Waals surface area contributed by atoms with Crippen LogP contribution in [0.15, 0.2) is 23.1 Å². The van der Waals surface area contributed by atoms with Gasteiger partial charge in [-0.2, -0.15) is 0 Å². The molecule has 0 saturated heterocycles. The van der Waals surface area contributed by atoms with Crippen LogP contribution in [0, 0.1) is 11.6 Å². The van der Waals surface area contributed by atoms with Gasteiger partial charge in [0.2, 0.25) is 10.0 Å². The molecule has 2 N–H and O–H groups in total. The Hall–Kier alpha value is -1.54. The number of benzene rings is 1. The van der Waals surface area contributed by atoms with E-state index in [0.717, 1.165) is 6.07 Å². The predicted octanol–water partition coefficient (Wildman–Crippen LogP) is 1.11. The van der Waals surface area contributed by atoms with E-state index in [0.29, 0.717) is 12.1 Å². The van der Waals surface area contributed by atoms with Crippen LogP contribution < -0.4 is 4.72 Å². The number of aliphatic carboxylic acids is 1. The molecule has 100 valence electrons. The maximum absolute atomic E-state index is 13.3. The van der Waals surface area contributed by atoms with Crippen LogP contribution in [0.3, 0.4) is 0 Å². The normalized spacial score (nSPS) is 13.3. The number of nitrogens with one attached hydrogen (secondary N) is 1. The largest absolute Gasteiger partial charge is 0.481 e. The van der Waals surface area contributed by atoms with Gasteiger partial charge >= 0.3 is 5.97 Å². The maximum atomic E-state index is 13.3. The number of carboxylic acid groups (broad SMARTS) is 1. The molecule has 5 nitrogen and oxygen atoms in total. The lowest BCUT2D eigenvalue weighted by molar-refractivity contribution is -0.137. The van der Waals surface area contributed by atoms with Crippen molar-refractivity contribution in [3.8, 4) is 0 Å². The minimum absolute atomic E-state index is 0.462. The fraction of sp³-hybridized carbons (Fsp3) is 0.300. The lowest BCUT2D eigenvalue weighted by atomic mass is 10.3. The molecule has 0 amide bonds. The molecule has 0 aromatic heterocycles. The highest BCUT2D eigenvalue weighted by Gasteiger charge is 2.23. The molecule has 1 atom stereocenters. The Morgan fingerprint density at radius 2 is 2.06 bits per heavy atom. The van der Waals surface area contributed by atoms with E-state index in [-0.39, 0.29) is 0 Å². The van der Waals surface area contributed by atoms with Crippen LogP contribution in [0.4, 0.5) is 8.78 Å². The van der Waals surface area contributed by atoms with Gasteiger partial charge in [0.15, 0.2) is 0 Å². The van der Waals surface area contributed by atoms with E-state index in [4.69, 9.17) is 5.11 Å². The predicted molar refractivity (Wildman–Crippen MR) is 58.4 cm³/mol. The molecule has 8 heteroatoms. The molecule has 1 aromatic rings. The number of sulfonamides is 1. The molecule has 1 aromatic carbocycles. The van der Waals surface area contributed by atoms with E-state index < -0.39 is 45.0 Å². The highest BCUT2D eigenvalue weighted by molar-refractivity contribution is 7.89. The van der Waals surface area contributed by atoms with Crippen molar-refractivity contribution in [2.24, 2.45) is 0 Å². The number of carboxylic acids is 1. The first-order valence-electron chi connectivity index (χ1n) is 4.91. The van der Waals surface area contributed by atoms with Crippen LogP contribution in [0.5, 0.6) is 0 Å². The molecule has 0 saturated carbocycles. The third-order valence-electron chi connectivity index (χ3n) is 2.02. The Morgan fingerprint density at radius 1 is 1.44 bits per heavy atom. The van der Waals surface area contributed by atoms with Crippen molar-refractivity contribution < 1.29 is 27.1 Å². The zero-order chi connectivity index (χ0) is 13.9. The topological polar surface area (TPSA) is 83.5 Å². The van der Waals surface area contributed by atoms with Gasteiger partial charge in [0.05, 0.1) is 6.42 Å². The first-order chi connectivity index (χ1) is 8.22. The summed E-state index contributed by atoms with van der Waals surface area (Å²) in [6.45, 7) is 1.31. The van der Waals surface area contributed by atoms with Crippen LogP contribution in [0.1, 0.15) is 13.3 Å². The zero-order valence-corrected chi connectivity index (χ0v) is 10.2. The first-order valence-corrected chi connectivity index (χ1v) is 6.40. The van der Waals surface area contributed by atoms with Crippen molar-refractivity contribution in [1.29, 1.82) is 0 Å². The van der Waals surface area contributed by atoms with Crippen molar-refractivity contribution in [3.63, 3.8) is 0 Å². The molecule has 0 aliphatic carbocycles. The highest BCUT2D eigenvalue weighted by atomic mass is 32.2. The lowest BCUT2D eigenvalue weighted by Crippen LogP contribution is -2.34. The Morgan fingerprint density at radius 3 is 2.61 bits per heavy atom. The fourth-order valence-corrected chi connectivity index (χ4v) is 2.65. The lowest BCUT2D eigenvalue weighted by Gasteiger charge is -2.12. The summed E-state index contributed by atoms with van der Waals surface area (Å²) in [5, 5.41) is 8.48. The van der Waals surface area contributed by atoms with Gasteiger partial charge in [-0.15, -0.1) is 0 Å². The monoisotopic (exact) mass is 279 g/mol. The second-order valence-electron chi connectivity index (χ2n) is 3.69. The van der Waals surface area contributed by atoms with E-state index in [2.05, 4.69) is 0 Å². The summed E-state index contributed by atoms with van der Waals surface area (Å²) in [6, 6.07) is 1.07. The van der Waals surface area contributed by atoms with Gasteiger partial charge in [0.1, 0.15) is 16.5 Å². The smallest absolute Gasteiger partial charge is 0.304 e. The molecule has 1 unspecified atom stereocenters. The highest BCUT2D eigenvalue weighted by Crippen LogP contribution is 2.16. The van der Waals surface area contributed by atoms with Crippen LogP contribution in [0.2, 0.25) is 0 Å². The molecule has 0 heterocycles. The fourth-order valence-electron chi connectivity index (χ4n) is 1.32. The van der Waals surface area contributed by atoms with Crippen molar-refractivity contribution in [3.05, 3.63) is 29.8 Å².